The lowest BCUT2D eigenvalue weighted by Crippen LogP contribution is -1.98. The number of fused-ring (bicyclic) bond motifs is 1. The molecule has 1 aromatic heterocycles. The average molecular weight is 450 g/mol. The molecule has 0 unspecified atom stereocenters. The summed E-state index contributed by atoms with van der Waals surface area (Å²) >= 11 is 12.2. The van der Waals surface area contributed by atoms with Gasteiger partial charge in [0.15, 0.2) is 11.5 Å². The highest BCUT2D eigenvalue weighted by atomic mass is 35.5. The van der Waals surface area contributed by atoms with Gasteiger partial charge in [0.2, 0.25) is 0 Å². The van der Waals surface area contributed by atoms with Gasteiger partial charge in [-0.15, -0.1) is 0 Å². The van der Waals surface area contributed by atoms with E-state index in [0.29, 0.717) is 32.9 Å². The monoisotopic (exact) mass is 449 g/mol. The van der Waals surface area contributed by atoms with E-state index in [1.54, 1.807) is 37.5 Å². The topological polar surface area (TPSA) is 70.9 Å². The van der Waals surface area contributed by atoms with E-state index in [9.17, 15) is 5.26 Å². The van der Waals surface area contributed by atoms with Crippen LogP contribution in [-0.2, 0) is 6.61 Å². The first kappa shape index (κ1) is 20.8. The first-order valence-corrected chi connectivity index (χ1v) is 10.1. The van der Waals surface area contributed by atoms with Crippen molar-refractivity contribution in [3.8, 4) is 17.6 Å². The van der Waals surface area contributed by atoms with Crippen LogP contribution in [0.3, 0.4) is 0 Å². The van der Waals surface area contributed by atoms with E-state index in [1.165, 1.54) is 0 Å². The van der Waals surface area contributed by atoms with Gasteiger partial charge >= 0.3 is 0 Å². The Morgan fingerprint density at radius 2 is 1.94 bits per heavy atom. The Labute approximate surface area is 189 Å². The lowest BCUT2D eigenvalue weighted by atomic mass is 10.1. The Kier molecular flexibility index (Phi) is 6.13. The summed E-state index contributed by atoms with van der Waals surface area (Å²) in [5.41, 5.74) is 3.70. The third-order valence-corrected chi connectivity index (χ3v) is 5.25. The lowest BCUT2D eigenvalue weighted by Gasteiger charge is -2.12. The molecule has 7 heteroatoms. The van der Waals surface area contributed by atoms with E-state index >= 15 is 0 Å². The molecule has 0 aliphatic carbocycles. The molecule has 4 rings (SSSR count). The minimum absolute atomic E-state index is 0.268. The summed E-state index contributed by atoms with van der Waals surface area (Å²) in [6.45, 7) is 0.268. The summed E-state index contributed by atoms with van der Waals surface area (Å²) in [4.78, 5) is 7.67. The van der Waals surface area contributed by atoms with Crippen LogP contribution in [0.2, 0.25) is 10.0 Å². The Hall–Kier alpha value is -3.46. The van der Waals surface area contributed by atoms with Crippen LogP contribution < -0.4 is 9.47 Å². The third-order valence-electron chi connectivity index (χ3n) is 4.66. The Morgan fingerprint density at radius 3 is 2.68 bits per heavy atom. The molecule has 154 valence electrons. The van der Waals surface area contributed by atoms with Gasteiger partial charge in [-0.2, -0.15) is 5.26 Å². The predicted molar refractivity (Wildman–Crippen MR) is 123 cm³/mol. The van der Waals surface area contributed by atoms with Gasteiger partial charge in [-0.1, -0.05) is 47.5 Å². The van der Waals surface area contributed by atoms with Gasteiger partial charge in [0, 0.05) is 15.6 Å². The number of benzene rings is 3. The second-order valence-electron chi connectivity index (χ2n) is 6.71. The lowest BCUT2D eigenvalue weighted by molar-refractivity contribution is 0.284. The molecule has 0 fully saturated rings. The minimum atomic E-state index is 0.268. The van der Waals surface area contributed by atoms with Crippen molar-refractivity contribution >= 4 is 45.9 Å². The first-order chi connectivity index (χ1) is 15.1. The number of nitrogens with one attached hydrogen (secondary N) is 1. The van der Waals surface area contributed by atoms with Crippen LogP contribution in [0.25, 0.3) is 22.7 Å². The molecular weight excluding hydrogens is 433 g/mol. The smallest absolute Gasteiger partial charge is 0.161 e. The minimum Gasteiger partial charge on any atom is -0.493 e. The molecule has 5 nitrogen and oxygen atoms in total. The zero-order chi connectivity index (χ0) is 21.8. The van der Waals surface area contributed by atoms with Crippen LogP contribution in [-0.4, -0.2) is 17.1 Å². The number of imidazole rings is 1. The van der Waals surface area contributed by atoms with Crippen LogP contribution in [0.15, 0.2) is 60.7 Å². The van der Waals surface area contributed by atoms with Crippen molar-refractivity contribution < 1.29 is 9.47 Å². The van der Waals surface area contributed by atoms with E-state index in [2.05, 4.69) is 16.0 Å². The first-order valence-electron chi connectivity index (χ1n) is 9.39. The number of hydrogen-bond acceptors (Lipinski definition) is 4. The molecule has 1 heterocycles. The summed E-state index contributed by atoms with van der Waals surface area (Å²) in [7, 11) is 1.56. The quantitative estimate of drug-likeness (QED) is 0.340. The van der Waals surface area contributed by atoms with Gasteiger partial charge in [0.25, 0.3) is 0 Å². The van der Waals surface area contributed by atoms with Crippen LogP contribution in [0.1, 0.15) is 17.0 Å². The van der Waals surface area contributed by atoms with E-state index in [1.807, 2.05) is 36.4 Å². The molecule has 3 aromatic carbocycles. The van der Waals surface area contributed by atoms with E-state index in [-0.39, 0.29) is 6.61 Å². The maximum absolute atomic E-state index is 9.65. The number of para-hydroxylation sites is 2. The predicted octanol–water partition coefficient (Wildman–Crippen LogP) is 6.52. The maximum atomic E-state index is 9.65. The van der Waals surface area contributed by atoms with E-state index < -0.39 is 0 Å². The van der Waals surface area contributed by atoms with Crippen molar-refractivity contribution in [3.05, 3.63) is 87.7 Å². The Bertz CT molecular complexity index is 1290. The zero-order valence-electron chi connectivity index (χ0n) is 16.5. The zero-order valence-corrected chi connectivity index (χ0v) is 18.0. The molecule has 0 saturated heterocycles. The van der Waals surface area contributed by atoms with Crippen molar-refractivity contribution in [1.82, 2.24) is 9.97 Å². The number of ether oxygens (including phenoxy) is 2. The second kappa shape index (κ2) is 9.13. The average Bonchev–Trinajstić information content (AvgIpc) is 3.21. The number of nitrogens with zero attached hydrogens (tertiary/aromatic N) is 2. The van der Waals surface area contributed by atoms with Crippen LogP contribution >= 0.6 is 23.2 Å². The Morgan fingerprint density at radius 1 is 1.10 bits per heavy atom. The molecule has 4 aromatic rings. The number of rotatable bonds is 6. The summed E-state index contributed by atoms with van der Waals surface area (Å²) in [6, 6.07) is 20.6. The number of H-pyrrole nitrogens is 1. The highest BCUT2D eigenvalue weighted by Gasteiger charge is 2.11. The highest BCUT2D eigenvalue weighted by molar-refractivity contribution is 6.35. The van der Waals surface area contributed by atoms with E-state index in [4.69, 9.17) is 32.7 Å². The number of allylic oxidation sites excluding steroid dienone is 1. The van der Waals surface area contributed by atoms with E-state index in [0.717, 1.165) is 22.2 Å². The molecule has 0 atom stereocenters. The molecule has 31 heavy (non-hydrogen) atoms. The summed E-state index contributed by atoms with van der Waals surface area (Å²) < 4.78 is 11.4. The van der Waals surface area contributed by atoms with Crippen LogP contribution in [0, 0.1) is 11.3 Å². The second-order valence-corrected chi connectivity index (χ2v) is 7.55. The molecule has 0 spiro atoms. The number of nitriles is 1. The van der Waals surface area contributed by atoms with Crippen LogP contribution in [0.4, 0.5) is 0 Å². The molecule has 0 amide bonds. The summed E-state index contributed by atoms with van der Waals surface area (Å²) in [6.07, 6.45) is 1.75. The summed E-state index contributed by atoms with van der Waals surface area (Å²) in [5, 5.41) is 10.8. The number of aromatic nitrogens is 2. The van der Waals surface area contributed by atoms with Crippen molar-refractivity contribution in [2.75, 3.05) is 7.11 Å². The largest absolute Gasteiger partial charge is 0.493 e. The molecule has 0 radical (unpaired) electrons. The van der Waals surface area contributed by atoms with Crippen molar-refractivity contribution in [2.24, 2.45) is 0 Å². The molecule has 0 aliphatic rings. The van der Waals surface area contributed by atoms with Gasteiger partial charge in [-0.3, -0.25) is 0 Å². The fourth-order valence-electron chi connectivity index (χ4n) is 3.09. The third kappa shape index (κ3) is 4.66. The molecular formula is C24H17Cl2N3O2. The molecule has 1 N–H and O–H groups in total. The summed E-state index contributed by atoms with van der Waals surface area (Å²) in [5.74, 6) is 1.62. The number of aromatic amines is 1. The van der Waals surface area contributed by atoms with Gasteiger partial charge in [-0.25, -0.2) is 4.98 Å². The molecule has 0 saturated carbocycles. The fraction of sp³-hybridized carbons (Fsp3) is 0.0833. The van der Waals surface area contributed by atoms with Crippen LogP contribution in [0.5, 0.6) is 11.5 Å². The number of halogens is 2. The van der Waals surface area contributed by atoms with Crippen molar-refractivity contribution in [1.29, 1.82) is 5.26 Å². The normalized spacial score (nSPS) is 11.4. The van der Waals surface area contributed by atoms with Gasteiger partial charge in [-0.05, 0) is 48.0 Å². The van der Waals surface area contributed by atoms with Crippen molar-refractivity contribution in [3.63, 3.8) is 0 Å². The molecule has 0 bridgehead atoms. The standard InChI is InChI=1S/C24H17Cl2N3O2/c1-30-23-11-15(6-9-22(23)31-14-16-7-8-18(25)12-19(16)26)10-17(13-27)24-28-20-4-2-3-5-21(20)29-24/h2-12H,14H2,1H3,(H,28,29)/b17-10+. The number of methoxy groups -OCH3 is 1. The van der Waals surface area contributed by atoms with Gasteiger partial charge < -0.3 is 14.5 Å². The fourth-order valence-corrected chi connectivity index (χ4v) is 3.55. The van der Waals surface area contributed by atoms with Gasteiger partial charge in [0.05, 0.1) is 23.7 Å². The highest BCUT2D eigenvalue weighted by Crippen LogP contribution is 2.31. The SMILES string of the molecule is COc1cc(/C=C(\C#N)c2nc3ccccc3[nH]2)ccc1OCc1ccc(Cl)cc1Cl. The maximum Gasteiger partial charge on any atom is 0.161 e. The number of hydrogen-bond donors (Lipinski definition) is 1. The molecule has 0 aliphatic heterocycles. The van der Waals surface area contributed by atoms with Crippen molar-refractivity contribution in [2.45, 2.75) is 6.61 Å². The Balaban J connectivity index is 1.58. The van der Waals surface area contributed by atoms with Gasteiger partial charge in [0.1, 0.15) is 18.5 Å².